The van der Waals surface area contributed by atoms with Crippen LogP contribution < -0.4 is 16.0 Å². The molecule has 5 aromatic rings. The van der Waals surface area contributed by atoms with Gasteiger partial charge in [-0.25, -0.2) is 14.4 Å². The topological polar surface area (TPSA) is 198 Å². The molecule has 57 heavy (non-hydrogen) atoms. The number of rotatable bonds is 6. The number of aliphatic imine (C=N–C) groups is 1. The van der Waals surface area contributed by atoms with Gasteiger partial charge in [0.05, 0.1) is 66.4 Å². The summed E-state index contributed by atoms with van der Waals surface area (Å²) >= 11 is 3.04. The quantitative estimate of drug-likeness (QED) is 0.0683. The van der Waals surface area contributed by atoms with Crippen molar-refractivity contribution in [1.29, 1.82) is 0 Å². The van der Waals surface area contributed by atoms with E-state index in [0.717, 1.165) is 43.5 Å². The highest BCUT2D eigenvalue weighted by atomic mass is 32.2. The van der Waals surface area contributed by atoms with Gasteiger partial charge in [0, 0.05) is 33.5 Å². The molecule has 0 spiro atoms. The molecule has 1 aromatic heterocycles. The fraction of sp³-hybridized carbons (Fsp3) is 0.171. The number of para-hydroxylation sites is 1. The summed E-state index contributed by atoms with van der Waals surface area (Å²) in [5, 5.41) is 19.8. The molecule has 2 amide bonds. The number of amides is 2. The summed E-state index contributed by atoms with van der Waals surface area (Å²) in [6.45, 7) is 0.529. The van der Waals surface area contributed by atoms with Crippen molar-refractivity contribution < 1.29 is 43.3 Å². The number of amidine groups is 1. The van der Waals surface area contributed by atoms with Gasteiger partial charge in [0.1, 0.15) is 5.84 Å². The highest BCUT2D eigenvalue weighted by molar-refractivity contribution is 8.22. The van der Waals surface area contributed by atoms with E-state index in [1.54, 1.807) is 54.6 Å². The van der Waals surface area contributed by atoms with Crippen molar-refractivity contribution in [2.24, 2.45) is 4.99 Å². The number of hydrogen-bond acceptors (Lipinski definition) is 13. The minimum atomic E-state index is -0.424. The number of H-pyrrole nitrogens is 1. The maximum atomic E-state index is 12.0. The van der Waals surface area contributed by atoms with Crippen molar-refractivity contribution in [3.63, 3.8) is 0 Å². The molecule has 5 N–H and O–H groups in total. The Morgan fingerprint density at radius 2 is 1.30 bits per heavy atom. The van der Waals surface area contributed by atoms with Crippen LogP contribution in [-0.4, -0.2) is 79.5 Å². The SMILES string of the molecule is COC(=O)c1ccc2[nH]c(O)c(C3=NCc4ccccc4N3)c2c1.COC(=O)c1ccc2c(c1)C(=C(SC)SC)C(=O)N2.COC(=O)c1ccc2c(c1)CC(=O)N2. The predicted molar refractivity (Wildman–Crippen MR) is 222 cm³/mol. The van der Waals surface area contributed by atoms with Crippen LogP contribution in [0.25, 0.3) is 16.5 Å². The van der Waals surface area contributed by atoms with Crippen LogP contribution in [0.3, 0.4) is 0 Å². The van der Waals surface area contributed by atoms with E-state index in [2.05, 4.69) is 30.7 Å². The largest absolute Gasteiger partial charge is 0.494 e. The van der Waals surface area contributed by atoms with Crippen LogP contribution in [0.1, 0.15) is 53.3 Å². The van der Waals surface area contributed by atoms with Gasteiger partial charge in [0.15, 0.2) is 0 Å². The molecule has 0 unspecified atom stereocenters. The number of aromatic amines is 1. The summed E-state index contributed by atoms with van der Waals surface area (Å²) in [5.41, 5.74) is 8.39. The molecule has 0 aliphatic carbocycles. The van der Waals surface area contributed by atoms with Crippen molar-refractivity contribution in [2.45, 2.75) is 13.0 Å². The van der Waals surface area contributed by atoms with Crippen molar-refractivity contribution in [3.05, 3.63) is 122 Å². The summed E-state index contributed by atoms with van der Waals surface area (Å²) in [5.74, 6) is -0.800. The third kappa shape index (κ3) is 8.51. The Balaban J connectivity index is 0.000000150. The molecule has 292 valence electrons. The molecule has 8 rings (SSSR count). The van der Waals surface area contributed by atoms with E-state index in [9.17, 15) is 29.1 Å². The van der Waals surface area contributed by atoms with Crippen LogP contribution in [0, 0.1) is 0 Å². The summed E-state index contributed by atoms with van der Waals surface area (Å²) in [4.78, 5) is 65.0. The number of fused-ring (bicyclic) bond motifs is 4. The zero-order valence-corrected chi connectivity index (χ0v) is 33.0. The number of methoxy groups -OCH3 is 3. The van der Waals surface area contributed by atoms with Crippen molar-refractivity contribution in [3.8, 4) is 5.88 Å². The number of carbonyl (C=O) groups is 5. The van der Waals surface area contributed by atoms with E-state index in [1.165, 1.54) is 44.9 Å². The second-order valence-electron chi connectivity index (χ2n) is 12.4. The highest BCUT2D eigenvalue weighted by Crippen LogP contribution is 2.41. The molecular weight excluding hydrogens is 771 g/mol. The van der Waals surface area contributed by atoms with Gasteiger partial charge in [-0.1, -0.05) is 18.2 Å². The van der Waals surface area contributed by atoms with E-state index in [-0.39, 0.29) is 23.7 Å². The van der Waals surface area contributed by atoms with Gasteiger partial charge >= 0.3 is 17.9 Å². The highest BCUT2D eigenvalue weighted by Gasteiger charge is 2.28. The number of carbonyl (C=O) groups excluding carboxylic acids is 5. The first-order chi connectivity index (χ1) is 27.5. The van der Waals surface area contributed by atoms with Gasteiger partial charge in [0.2, 0.25) is 11.8 Å². The number of aromatic hydroxyl groups is 1. The smallest absolute Gasteiger partial charge is 0.337 e. The number of anilines is 3. The number of benzene rings is 4. The zero-order valence-electron chi connectivity index (χ0n) is 31.4. The summed E-state index contributed by atoms with van der Waals surface area (Å²) in [7, 11) is 4.01. The number of thioether (sulfide) groups is 2. The van der Waals surface area contributed by atoms with E-state index < -0.39 is 11.9 Å². The van der Waals surface area contributed by atoms with Crippen LogP contribution in [0.2, 0.25) is 0 Å². The minimum Gasteiger partial charge on any atom is -0.494 e. The molecule has 0 saturated heterocycles. The monoisotopic (exact) mass is 807 g/mol. The number of nitrogens with one attached hydrogen (secondary N) is 4. The van der Waals surface area contributed by atoms with E-state index in [0.29, 0.717) is 52.0 Å². The molecule has 0 fully saturated rings. The Kier molecular flexibility index (Phi) is 12.3. The molecule has 0 bridgehead atoms. The predicted octanol–water partition coefficient (Wildman–Crippen LogP) is 6.82. The number of hydrogen-bond donors (Lipinski definition) is 5. The first kappa shape index (κ1) is 40.2. The molecule has 3 aliphatic rings. The average molecular weight is 808 g/mol. The molecule has 0 atom stereocenters. The molecule has 4 aromatic carbocycles. The maximum Gasteiger partial charge on any atom is 0.337 e. The number of aromatic nitrogens is 1. The lowest BCUT2D eigenvalue weighted by atomic mass is 10.1. The van der Waals surface area contributed by atoms with E-state index in [4.69, 9.17) is 9.47 Å². The fourth-order valence-corrected chi connectivity index (χ4v) is 7.77. The van der Waals surface area contributed by atoms with Gasteiger partial charge in [-0.3, -0.25) is 14.6 Å². The molecule has 0 radical (unpaired) electrons. The molecular formula is C41H37N5O9S2. The Bertz CT molecular complexity index is 2500. The number of esters is 3. The van der Waals surface area contributed by atoms with Gasteiger partial charge in [-0.2, -0.15) is 0 Å². The third-order valence-corrected chi connectivity index (χ3v) is 11.2. The van der Waals surface area contributed by atoms with Crippen LogP contribution in [0.15, 0.2) is 88.1 Å². The summed E-state index contributed by atoms with van der Waals surface area (Å²) in [6, 6.07) is 23.1. The lowest BCUT2D eigenvalue weighted by Gasteiger charge is -2.18. The average Bonchev–Trinajstić information content (AvgIpc) is 3.89. The molecule has 0 saturated carbocycles. The molecule has 16 heteroatoms. The molecule has 4 heterocycles. The lowest BCUT2D eigenvalue weighted by Crippen LogP contribution is -2.18. The van der Waals surface area contributed by atoms with Crippen molar-refractivity contribution >= 4 is 92.6 Å². The fourth-order valence-electron chi connectivity index (χ4n) is 6.29. The van der Waals surface area contributed by atoms with E-state index in [1.807, 2.05) is 36.8 Å². The summed E-state index contributed by atoms with van der Waals surface area (Å²) < 4.78 is 15.0. The molecule has 14 nitrogen and oxygen atoms in total. The Labute approximate surface area is 335 Å². The van der Waals surface area contributed by atoms with E-state index >= 15 is 0 Å². The Hall–Kier alpha value is -6.52. The van der Waals surface area contributed by atoms with Gasteiger partial charge in [0.25, 0.3) is 5.91 Å². The lowest BCUT2D eigenvalue weighted by molar-refractivity contribution is -0.115. The zero-order chi connectivity index (χ0) is 40.8. The Morgan fingerprint density at radius 3 is 1.96 bits per heavy atom. The normalized spacial score (nSPS) is 13.1. The van der Waals surface area contributed by atoms with Crippen LogP contribution in [0.4, 0.5) is 17.1 Å². The summed E-state index contributed by atoms with van der Waals surface area (Å²) in [6.07, 6.45) is 4.18. The van der Waals surface area contributed by atoms with Gasteiger partial charge < -0.3 is 40.3 Å². The van der Waals surface area contributed by atoms with Crippen molar-refractivity contribution in [1.82, 2.24) is 4.98 Å². The third-order valence-electron chi connectivity index (χ3n) is 9.03. The first-order valence-corrected chi connectivity index (χ1v) is 19.6. The van der Waals surface area contributed by atoms with Crippen LogP contribution in [0.5, 0.6) is 5.88 Å². The van der Waals surface area contributed by atoms with Crippen molar-refractivity contribution in [2.75, 3.05) is 49.8 Å². The number of nitrogens with zero attached hydrogens (tertiary/aromatic N) is 1. The molecule has 3 aliphatic heterocycles. The van der Waals surface area contributed by atoms with Crippen LogP contribution >= 0.6 is 23.5 Å². The second kappa shape index (κ2) is 17.5. The van der Waals surface area contributed by atoms with Gasteiger partial charge in [-0.15, -0.1) is 23.5 Å². The standard InChI is InChI=1S/C18H15N3O3.C13H13NO3S2.C10H9NO3/c1-24-18(23)10-6-7-14-12(8-10)15(17(22)21-14)16-19-9-11-4-2-3-5-13(11)20-16;1-17-12(16)7-4-5-9-8(6-7)10(11(15)14-9)13(18-2)19-3;1-14-10(13)6-2-3-8-7(4-6)5-9(12)11-8/h2-8,21-22H,9H2,1H3,(H,19,20);4-6H,1-3H3,(H,14,15);2-4H,5H2,1H3,(H,11,12). The Morgan fingerprint density at radius 1 is 0.702 bits per heavy atom. The maximum absolute atomic E-state index is 12.0. The second-order valence-corrected chi connectivity index (χ2v) is 14.3. The van der Waals surface area contributed by atoms with Crippen LogP contribution in [-0.2, 0) is 36.8 Å². The minimum absolute atomic E-state index is 0.0117. The number of ether oxygens (including phenoxy) is 3. The first-order valence-electron chi connectivity index (χ1n) is 17.2. The van der Waals surface area contributed by atoms with Gasteiger partial charge in [-0.05, 0) is 84.3 Å².